The number of para-hydroxylation sites is 1. The molecule has 22 heavy (non-hydrogen) atoms. The van der Waals surface area contributed by atoms with Gasteiger partial charge in [-0.15, -0.1) is 0 Å². The van der Waals surface area contributed by atoms with Gasteiger partial charge in [0.2, 0.25) is 0 Å². The number of hydrogen-bond acceptors (Lipinski definition) is 3. The number of nitrogens with one attached hydrogen (secondary N) is 1. The van der Waals surface area contributed by atoms with Crippen LogP contribution in [0, 0.1) is 5.92 Å². The maximum atomic E-state index is 12.7. The lowest BCUT2D eigenvalue weighted by Crippen LogP contribution is -2.40. The molecule has 1 aromatic rings. The van der Waals surface area contributed by atoms with Gasteiger partial charge in [0.05, 0.1) is 5.56 Å². The van der Waals surface area contributed by atoms with E-state index in [-0.39, 0.29) is 5.91 Å². The molecule has 1 amide bonds. The van der Waals surface area contributed by atoms with Gasteiger partial charge in [0.1, 0.15) is 12.4 Å². The predicted molar refractivity (Wildman–Crippen MR) is 89.4 cm³/mol. The van der Waals surface area contributed by atoms with Gasteiger partial charge in [-0.2, -0.15) is 0 Å². The molecule has 0 saturated heterocycles. The lowest BCUT2D eigenvalue weighted by molar-refractivity contribution is 0.0754. The summed E-state index contributed by atoms with van der Waals surface area (Å²) in [5.41, 5.74) is 0.674. The maximum absolute atomic E-state index is 12.7. The first-order chi connectivity index (χ1) is 10.6. The van der Waals surface area contributed by atoms with Gasteiger partial charge < -0.3 is 15.0 Å². The number of carbonyl (C=O) groups excluding carboxylic acids is 1. The average Bonchev–Trinajstić information content (AvgIpc) is 2.52. The van der Waals surface area contributed by atoms with E-state index in [0.717, 1.165) is 32.5 Å². The second-order valence-corrected chi connectivity index (χ2v) is 6.20. The molecule has 2 rings (SSSR count). The van der Waals surface area contributed by atoms with Crippen LogP contribution >= 0.6 is 0 Å². The van der Waals surface area contributed by atoms with E-state index in [9.17, 15) is 4.79 Å². The van der Waals surface area contributed by atoms with Gasteiger partial charge in [0, 0.05) is 19.1 Å². The van der Waals surface area contributed by atoms with Gasteiger partial charge >= 0.3 is 0 Å². The van der Waals surface area contributed by atoms with Gasteiger partial charge in [0.15, 0.2) is 0 Å². The first-order valence-corrected chi connectivity index (χ1v) is 8.38. The Morgan fingerprint density at radius 2 is 2.09 bits per heavy atom. The number of hydrogen-bond donors (Lipinski definition) is 1. The molecule has 4 nitrogen and oxygen atoms in total. The van der Waals surface area contributed by atoms with Gasteiger partial charge in [-0.05, 0) is 44.4 Å². The van der Waals surface area contributed by atoms with Crippen LogP contribution in [0.4, 0.5) is 0 Å². The molecule has 4 heteroatoms. The summed E-state index contributed by atoms with van der Waals surface area (Å²) in [6.45, 7) is 9.52. The Kier molecular flexibility index (Phi) is 6.25. The Morgan fingerprint density at radius 3 is 2.82 bits per heavy atom. The van der Waals surface area contributed by atoms with E-state index in [1.807, 2.05) is 36.1 Å². The Labute approximate surface area is 133 Å². The molecule has 0 radical (unpaired) electrons. The zero-order valence-corrected chi connectivity index (χ0v) is 14.0. The first kappa shape index (κ1) is 16.8. The molecule has 0 spiro atoms. The highest BCUT2D eigenvalue weighted by atomic mass is 16.5. The molecule has 1 N–H and O–H groups in total. The fourth-order valence-electron chi connectivity index (χ4n) is 2.72. The number of benzene rings is 1. The van der Waals surface area contributed by atoms with Gasteiger partial charge in [0.25, 0.3) is 5.91 Å². The van der Waals surface area contributed by atoms with Gasteiger partial charge in [-0.1, -0.05) is 26.0 Å². The molecular weight excluding hydrogens is 276 g/mol. The number of ether oxygens (including phenoxy) is 1. The third kappa shape index (κ3) is 4.23. The zero-order chi connectivity index (χ0) is 15.9. The highest BCUT2D eigenvalue weighted by Gasteiger charge is 2.20. The summed E-state index contributed by atoms with van der Waals surface area (Å²) in [7, 11) is 0. The van der Waals surface area contributed by atoms with Gasteiger partial charge in [-0.25, -0.2) is 0 Å². The van der Waals surface area contributed by atoms with Crippen molar-refractivity contribution in [2.75, 3.05) is 26.2 Å². The van der Waals surface area contributed by atoms with Crippen molar-refractivity contribution >= 4 is 5.91 Å². The zero-order valence-electron chi connectivity index (χ0n) is 14.0. The van der Waals surface area contributed by atoms with E-state index >= 15 is 0 Å². The largest absolute Gasteiger partial charge is 0.491 e. The molecule has 1 aromatic carbocycles. The lowest BCUT2D eigenvalue weighted by Gasteiger charge is -2.27. The number of rotatable bonds is 2. The highest BCUT2D eigenvalue weighted by molar-refractivity contribution is 5.96. The van der Waals surface area contributed by atoms with E-state index in [1.165, 1.54) is 0 Å². The van der Waals surface area contributed by atoms with Gasteiger partial charge in [-0.3, -0.25) is 4.79 Å². The van der Waals surface area contributed by atoms with Crippen molar-refractivity contribution in [1.82, 2.24) is 10.2 Å². The maximum Gasteiger partial charge on any atom is 0.257 e. The molecule has 1 aliphatic heterocycles. The first-order valence-electron chi connectivity index (χ1n) is 8.38. The van der Waals surface area contributed by atoms with Crippen molar-refractivity contribution in [3.8, 4) is 5.75 Å². The Bertz CT molecular complexity index is 488. The van der Waals surface area contributed by atoms with E-state index in [4.69, 9.17) is 4.74 Å². The smallest absolute Gasteiger partial charge is 0.257 e. The van der Waals surface area contributed by atoms with Crippen LogP contribution in [-0.4, -0.2) is 43.1 Å². The van der Waals surface area contributed by atoms with E-state index in [0.29, 0.717) is 29.9 Å². The standard InChI is InChI=1S/C18H28N2O2/c1-4-20-12-8-7-11-19-16(14(2)3)13-22-17-10-6-5-9-15(17)18(20)21/h5-6,9-10,14,16,19H,4,7-8,11-13H2,1-3H3/t16-/m1/s1. The summed E-state index contributed by atoms with van der Waals surface area (Å²) in [4.78, 5) is 14.6. The number of carbonyl (C=O) groups is 1. The van der Waals surface area contributed by atoms with Crippen LogP contribution in [0.25, 0.3) is 0 Å². The average molecular weight is 304 g/mol. The molecule has 0 aromatic heterocycles. The summed E-state index contributed by atoms with van der Waals surface area (Å²) in [5.74, 6) is 1.27. The van der Waals surface area contributed by atoms with Crippen LogP contribution < -0.4 is 10.1 Å². The number of nitrogens with zero attached hydrogens (tertiary/aromatic N) is 1. The van der Waals surface area contributed by atoms with Crippen molar-refractivity contribution < 1.29 is 9.53 Å². The summed E-state index contributed by atoms with van der Waals surface area (Å²) in [5, 5.41) is 3.58. The molecular formula is C18H28N2O2. The Morgan fingerprint density at radius 1 is 1.32 bits per heavy atom. The van der Waals surface area contributed by atoms with Crippen LogP contribution in [0.2, 0.25) is 0 Å². The third-order valence-electron chi connectivity index (χ3n) is 4.27. The van der Waals surface area contributed by atoms with Crippen LogP contribution in [-0.2, 0) is 0 Å². The molecule has 0 bridgehead atoms. The Balaban J connectivity index is 2.24. The Hall–Kier alpha value is -1.55. The quantitative estimate of drug-likeness (QED) is 0.913. The van der Waals surface area contributed by atoms with Crippen LogP contribution in [0.5, 0.6) is 5.75 Å². The monoisotopic (exact) mass is 304 g/mol. The van der Waals surface area contributed by atoms with Crippen LogP contribution in [0.3, 0.4) is 0 Å². The minimum Gasteiger partial charge on any atom is -0.491 e. The summed E-state index contributed by atoms with van der Waals surface area (Å²) in [6.07, 6.45) is 2.11. The van der Waals surface area contributed by atoms with Crippen molar-refractivity contribution in [3.05, 3.63) is 29.8 Å². The molecule has 0 fully saturated rings. The second kappa shape index (κ2) is 8.18. The summed E-state index contributed by atoms with van der Waals surface area (Å²) < 4.78 is 5.99. The molecule has 0 aliphatic carbocycles. The topological polar surface area (TPSA) is 41.6 Å². The van der Waals surface area contributed by atoms with E-state index < -0.39 is 0 Å². The van der Waals surface area contributed by atoms with Crippen molar-refractivity contribution in [2.45, 2.75) is 39.7 Å². The minimum atomic E-state index is 0.0766. The fourth-order valence-corrected chi connectivity index (χ4v) is 2.72. The highest BCUT2D eigenvalue weighted by Crippen LogP contribution is 2.21. The minimum absolute atomic E-state index is 0.0766. The molecule has 1 atom stereocenters. The van der Waals surface area contributed by atoms with Crippen molar-refractivity contribution in [2.24, 2.45) is 5.92 Å². The van der Waals surface area contributed by atoms with E-state index in [2.05, 4.69) is 19.2 Å². The van der Waals surface area contributed by atoms with Crippen LogP contribution in [0.15, 0.2) is 24.3 Å². The SMILES string of the molecule is CCN1CCCCN[C@@H](C(C)C)COc2ccccc2C1=O. The molecule has 1 aliphatic rings. The molecule has 1 heterocycles. The number of amides is 1. The van der Waals surface area contributed by atoms with Crippen molar-refractivity contribution in [3.63, 3.8) is 0 Å². The lowest BCUT2D eigenvalue weighted by atomic mass is 10.0. The number of fused-ring (bicyclic) bond motifs is 1. The second-order valence-electron chi connectivity index (χ2n) is 6.20. The normalized spacial score (nSPS) is 20.8. The van der Waals surface area contributed by atoms with E-state index in [1.54, 1.807) is 0 Å². The molecule has 0 saturated carbocycles. The van der Waals surface area contributed by atoms with Crippen molar-refractivity contribution in [1.29, 1.82) is 0 Å². The molecule has 122 valence electrons. The molecule has 0 unspecified atom stereocenters. The predicted octanol–water partition coefficient (Wildman–Crippen LogP) is 2.94. The summed E-state index contributed by atoms with van der Waals surface area (Å²) in [6, 6.07) is 7.89. The summed E-state index contributed by atoms with van der Waals surface area (Å²) >= 11 is 0. The van der Waals surface area contributed by atoms with Crippen LogP contribution in [0.1, 0.15) is 44.0 Å². The third-order valence-corrected chi connectivity index (χ3v) is 4.27. The fraction of sp³-hybridized carbons (Fsp3) is 0.611.